The monoisotopic (exact) mass is 700 g/mol. The number of hydrogen-bond acceptors (Lipinski definition) is 16. The van der Waals surface area contributed by atoms with Gasteiger partial charge < -0.3 is 44.5 Å². The summed E-state index contributed by atoms with van der Waals surface area (Å²) in [5.74, 6) is -0.0169. The van der Waals surface area contributed by atoms with E-state index >= 15 is 0 Å². The first-order chi connectivity index (χ1) is 20.9. The quantitative estimate of drug-likeness (QED) is 0.0788. The average Bonchev–Trinajstić information content (AvgIpc) is 3.46. The molecule has 0 aliphatic carbocycles. The van der Waals surface area contributed by atoms with Crippen LogP contribution in [0.5, 0.6) is 0 Å². The minimum Gasteiger partial charge on any atom is -0.390 e. The van der Waals surface area contributed by atoms with Crippen molar-refractivity contribution in [3.63, 3.8) is 0 Å². The van der Waals surface area contributed by atoms with E-state index in [1.54, 1.807) is 0 Å². The molecule has 7 N–H and O–H groups in total. The van der Waals surface area contributed by atoms with Crippen LogP contribution in [0.25, 0.3) is 11.0 Å². The van der Waals surface area contributed by atoms with Crippen molar-refractivity contribution in [3.05, 3.63) is 62.1 Å². The fourth-order valence-corrected chi connectivity index (χ4v) is 7.37. The topological polar surface area (TPSA) is 342 Å². The van der Waals surface area contributed by atoms with E-state index in [2.05, 4.69) is 23.1 Å². The number of benzene rings is 1. The number of aliphatic hydroxyl groups is 1. The number of rotatable bonds is 14. The highest BCUT2D eigenvalue weighted by atomic mass is 31.3. The summed E-state index contributed by atoms with van der Waals surface area (Å²) in [6.07, 6.45) is -1.36. The third-order valence-electron chi connectivity index (χ3n) is 6.07. The van der Waals surface area contributed by atoms with E-state index < -0.39 is 76.3 Å². The number of anilines is 1. The molecule has 0 radical (unpaired) electrons. The van der Waals surface area contributed by atoms with Crippen LogP contribution in [0, 0.1) is 20.2 Å². The minimum absolute atomic E-state index is 0.0169. The molecular weight excluding hydrogens is 677 g/mol. The first-order valence-corrected chi connectivity index (χ1v) is 16.6. The maximum absolute atomic E-state index is 12.0. The maximum Gasteiger partial charge on any atom is 0.490 e. The molecule has 1 fully saturated rings. The molecule has 23 nitrogen and oxygen atoms in total. The fourth-order valence-electron chi connectivity index (χ4n) is 4.34. The highest BCUT2D eigenvalue weighted by Gasteiger charge is 2.43. The molecule has 3 heterocycles. The number of hydrogen-bond donors (Lipinski definition) is 6. The standard InChI is InChI=1S/C19H23N6O17P3/c20-18-17-10(6-38-7-11-12(24(27)28)2-1-3-13(11)25(29)30)5-23(19(17)22-9-21-18)16-4-14(26)15(40-16)8-39-44(34,35)42-45(36,37)41-43(31,32)33/h1-3,5,9,14-16,26H,4,6-8H2,(H,34,35)(H,36,37)(H2,20,21,22)(H2,31,32,33)/t14-,15?,16-/m1/s1. The van der Waals surface area contributed by atoms with Crippen LogP contribution in [-0.4, -0.2) is 67.9 Å². The summed E-state index contributed by atoms with van der Waals surface area (Å²) in [4.78, 5) is 65.6. The Hall–Kier alpha value is -3.27. The highest BCUT2D eigenvalue weighted by molar-refractivity contribution is 7.66. The first-order valence-electron chi connectivity index (χ1n) is 12.1. The average molecular weight is 700 g/mol. The van der Waals surface area contributed by atoms with Gasteiger partial charge >= 0.3 is 23.5 Å². The number of phosphoric acid groups is 3. The molecule has 0 bridgehead atoms. The van der Waals surface area contributed by atoms with E-state index in [1.165, 1.54) is 10.8 Å². The van der Waals surface area contributed by atoms with Crippen LogP contribution in [0.1, 0.15) is 23.8 Å². The van der Waals surface area contributed by atoms with Gasteiger partial charge in [-0.25, -0.2) is 23.7 Å². The second kappa shape index (κ2) is 13.2. The summed E-state index contributed by atoms with van der Waals surface area (Å²) in [7, 11) is -16.8. The number of nitro benzene ring substituents is 2. The Morgan fingerprint density at radius 1 is 1.02 bits per heavy atom. The second-order valence-electron chi connectivity index (χ2n) is 9.12. The maximum atomic E-state index is 12.0. The van der Waals surface area contributed by atoms with Crippen molar-refractivity contribution in [1.29, 1.82) is 0 Å². The van der Waals surface area contributed by atoms with Crippen molar-refractivity contribution in [2.45, 2.75) is 38.1 Å². The van der Waals surface area contributed by atoms with Crippen LogP contribution >= 0.6 is 23.5 Å². The molecule has 4 rings (SSSR count). The number of nitro groups is 2. The van der Waals surface area contributed by atoms with Gasteiger partial charge in [-0.3, -0.25) is 24.8 Å². The van der Waals surface area contributed by atoms with Crippen LogP contribution in [0.3, 0.4) is 0 Å². The molecule has 0 saturated carbocycles. The Morgan fingerprint density at radius 2 is 1.67 bits per heavy atom. The Labute approximate surface area is 249 Å². The number of phosphoric ester groups is 1. The lowest BCUT2D eigenvalue weighted by Gasteiger charge is -2.19. The van der Waals surface area contributed by atoms with Gasteiger partial charge in [0.1, 0.15) is 35.7 Å². The minimum atomic E-state index is -5.76. The van der Waals surface area contributed by atoms with Crippen molar-refractivity contribution in [2.24, 2.45) is 0 Å². The number of fused-ring (bicyclic) bond motifs is 1. The number of ether oxygens (including phenoxy) is 2. The van der Waals surface area contributed by atoms with E-state index in [0.717, 1.165) is 24.5 Å². The predicted octanol–water partition coefficient (Wildman–Crippen LogP) is 1.54. The van der Waals surface area contributed by atoms with Crippen LogP contribution in [0.2, 0.25) is 0 Å². The Balaban J connectivity index is 1.49. The predicted molar refractivity (Wildman–Crippen MR) is 145 cm³/mol. The number of nitrogens with zero attached hydrogens (tertiary/aromatic N) is 5. The summed E-state index contributed by atoms with van der Waals surface area (Å²) in [6, 6.07) is 3.34. The summed E-state index contributed by atoms with van der Waals surface area (Å²) in [6.45, 7) is -1.74. The third kappa shape index (κ3) is 8.51. The number of aliphatic hydroxyl groups excluding tert-OH is 1. The third-order valence-corrected chi connectivity index (χ3v) is 9.88. The van der Waals surface area contributed by atoms with E-state index in [1.807, 2.05) is 0 Å². The Kier molecular flexibility index (Phi) is 10.2. The molecular formula is C19H23N6O17P3. The normalized spacial score (nSPS) is 21.4. The molecule has 1 aliphatic heterocycles. The summed E-state index contributed by atoms with van der Waals surface area (Å²) < 4.78 is 58.9. The van der Waals surface area contributed by atoms with Crippen molar-refractivity contribution >= 4 is 51.7 Å². The smallest absolute Gasteiger partial charge is 0.390 e. The highest BCUT2D eigenvalue weighted by Crippen LogP contribution is 2.66. The van der Waals surface area contributed by atoms with Gasteiger partial charge in [0.05, 0.1) is 41.2 Å². The lowest BCUT2D eigenvalue weighted by Crippen LogP contribution is -2.26. The molecule has 1 aromatic carbocycles. The summed E-state index contributed by atoms with van der Waals surface area (Å²) >= 11 is 0. The van der Waals surface area contributed by atoms with E-state index in [0.29, 0.717) is 5.56 Å². The molecule has 2 aromatic heterocycles. The molecule has 246 valence electrons. The largest absolute Gasteiger partial charge is 0.490 e. The van der Waals surface area contributed by atoms with Gasteiger partial charge in [0.2, 0.25) is 0 Å². The lowest BCUT2D eigenvalue weighted by atomic mass is 10.1. The molecule has 5 atom stereocenters. The van der Waals surface area contributed by atoms with E-state index in [4.69, 9.17) is 25.0 Å². The van der Waals surface area contributed by atoms with Crippen LogP contribution < -0.4 is 5.73 Å². The molecule has 0 spiro atoms. The zero-order valence-corrected chi connectivity index (χ0v) is 24.9. The van der Waals surface area contributed by atoms with Crippen LogP contribution in [0.15, 0.2) is 30.7 Å². The van der Waals surface area contributed by atoms with Gasteiger partial charge in [-0.1, -0.05) is 0 Å². The molecule has 0 amide bonds. The lowest BCUT2D eigenvalue weighted by molar-refractivity contribution is -0.396. The van der Waals surface area contributed by atoms with Gasteiger partial charge in [-0.2, -0.15) is 8.62 Å². The number of aromatic nitrogens is 3. The van der Waals surface area contributed by atoms with Crippen LogP contribution in [0.4, 0.5) is 17.2 Å². The Bertz CT molecular complexity index is 1730. The molecule has 3 unspecified atom stereocenters. The summed E-state index contributed by atoms with van der Waals surface area (Å²) in [5.41, 5.74) is 5.20. The molecule has 3 aromatic rings. The van der Waals surface area contributed by atoms with Gasteiger partial charge in [-0.15, -0.1) is 0 Å². The molecule has 1 saturated heterocycles. The zero-order chi connectivity index (χ0) is 33.3. The van der Waals surface area contributed by atoms with Gasteiger partial charge in [0.25, 0.3) is 11.4 Å². The van der Waals surface area contributed by atoms with E-state index in [9.17, 15) is 48.8 Å². The number of nitrogens with two attached hydrogens (primary N) is 1. The second-order valence-corrected chi connectivity index (χ2v) is 13.5. The van der Waals surface area contributed by atoms with Crippen LogP contribution in [-0.2, 0) is 49.5 Å². The van der Waals surface area contributed by atoms with Gasteiger partial charge in [-0.05, 0) is 6.07 Å². The van der Waals surface area contributed by atoms with Crippen molar-refractivity contribution in [2.75, 3.05) is 12.3 Å². The van der Waals surface area contributed by atoms with Gasteiger partial charge in [0, 0.05) is 30.3 Å². The fraction of sp³-hybridized carbons (Fsp3) is 0.368. The molecule has 26 heteroatoms. The zero-order valence-electron chi connectivity index (χ0n) is 22.2. The number of nitrogen functional groups attached to an aromatic ring is 1. The van der Waals surface area contributed by atoms with Crippen molar-refractivity contribution < 1.29 is 70.8 Å². The van der Waals surface area contributed by atoms with E-state index in [-0.39, 0.29) is 35.4 Å². The molecule has 45 heavy (non-hydrogen) atoms. The van der Waals surface area contributed by atoms with Crippen molar-refractivity contribution in [3.8, 4) is 0 Å². The Morgan fingerprint density at radius 3 is 2.27 bits per heavy atom. The first kappa shape index (κ1) is 34.6. The van der Waals surface area contributed by atoms with Crippen molar-refractivity contribution in [1.82, 2.24) is 14.5 Å². The van der Waals surface area contributed by atoms with Gasteiger partial charge in [0.15, 0.2) is 0 Å². The SMILES string of the molecule is Nc1ncnc2c1c(COCc1c([N+](=O)[O-])cccc1[N+](=O)[O-])cn2[C@H]1C[C@@H](O)C(COP(=O)(O)OP(=O)(O)OP(=O)(O)O)O1. The molecule has 1 aliphatic rings. The summed E-state index contributed by atoms with van der Waals surface area (Å²) in [5, 5.41) is 33.6.